The molecule has 5 nitrogen and oxygen atoms in total. The van der Waals surface area contributed by atoms with Crippen LogP contribution in [0, 0.1) is 0 Å². The molecule has 1 aliphatic rings. The van der Waals surface area contributed by atoms with E-state index in [1.165, 1.54) is 19.3 Å². The number of hydrogen-bond donors (Lipinski definition) is 1. The normalized spacial score (nSPS) is 14.3. The number of ether oxygens (including phenoxy) is 2. The molecule has 1 aliphatic carbocycles. The third-order valence-electron chi connectivity index (χ3n) is 4.83. The van der Waals surface area contributed by atoms with E-state index in [0.717, 1.165) is 24.2 Å². The van der Waals surface area contributed by atoms with E-state index in [0.29, 0.717) is 5.56 Å². The molecule has 0 unspecified atom stereocenters. The van der Waals surface area contributed by atoms with Crippen LogP contribution < -0.4 is 10.1 Å². The molecular weight excluding hydrogens is 354 g/mol. The van der Waals surface area contributed by atoms with Crippen molar-refractivity contribution in [2.75, 3.05) is 6.54 Å². The molecule has 2 aromatic carbocycles. The molecule has 1 saturated carbocycles. The van der Waals surface area contributed by atoms with E-state index in [4.69, 9.17) is 9.47 Å². The highest BCUT2D eigenvalue weighted by atomic mass is 16.5. The van der Waals surface area contributed by atoms with Gasteiger partial charge in [0.2, 0.25) is 0 Å². The van der Waals surface area contributed by atoms with E-state index < -0.39 is 0 Å². The van der Waals surface area contributed by atoms with E-state index >= 15 is 0 Å². The Labute approximate surface area is 166 Å². The van der Waals surface area contributed by atoms with Gasteiger partial charge in [0.25, 0.3) is 5.91 Å². The summed E-state index contributed by atoms with van der Waals surface area (Å²) in [6, 6.07) is 16.7. The number of carbonyl (C=O) groups is 2. The Morgan fingerprint density at radius 3 is 2.36 bits per heavy atom. The van der Waals surface area contributed by atoms with Crippen LogP contribution in [0.2, 0.25) is 0 Å². The van der Waals surface area contributed by atoms with Crippen molar-refractivity contribution in [1.82, 2.24) is 5.32 Å². The van der Waals surface area contributed by atoms with Crippen LogP contribution in [0.25, 0.3) is 0 Å². The first-order valence-corrected chi connectivity index (χ1v) is 9.95. The van der Waals surface area contributed by atoms with Crippen LogP contribution in [0.15, 0.2) is 54.6 Å². The van der Waals surface area contributed by atoms with Gasteiger partial charge in [-0.15, -0.1) is 0 Å². The summed E-state index contributed by atoms with van der Waals surface area (Å²) in [6.07, 6.45) is 6.36. The number of benzene rings is 2. The van der Waals surface area contributed by atoms with Gasteiger partial charge in [-0.1, -0.05) is 36.8 Å². The van der Waals surface area contributed by atoms with Crippen molar-refractivity contribution >= 4 is 11.9 Å². The molecule has 1 amide bonds. The number of amides is 1. The van der Waals surface area contributed by atoms with Crippen molar-refractivity contribution in [3.05, 3.63) is 65.7 Å². The quantitative estimate of drug-likeness (QED) is 0.694. The molecule has 0 aromatic heterocycles. The highest BCUT2D eigenvalue weighted by molar-refractivity contribution is 5.94. The summed E-state index contributed by atoms with van der Waals surface area (Å²) in [7, 11) is 0. The SMILES string of the molecule is O=C(CCNC(=O)c1ccc(OC2CCCCC2)cc1)OCc1ccccc1. The van der Waals surface area contributed by atoms with Gasteiger partial charge in [-0.25, -0.2) is 0 Å². The number of nitrogens with one attached hydrogen (secondary N) is 1. The average molecular weight is 381 g/mol. The predicted octanol–water partition coefficient (Wildman–Crippen LogP) is 4.26. The Balaban J connectivity index is 1.36. The summed E-state index contributed by atoms with van der Waals surface area (Å²) in [5.41, 5.74) is 1.49. The van der Waals surface area contributed by atoms with Gasteiger partial charge in [-0.05, 0) is 55.5 Å². The molecule has 0 saturated heterocycles. The summed E-state index contributed by atoms with van der Waals surface area (Å²) in [6.45, 7) is 0.489. The highest BCUT2D eigenvalue weighted by Crippen LogP contribution is 2.23. The second-order valence-corrected chi connectivity index (χ2v) is 7.05. The molecule has 0 heterocycles. The standard InChI is InChI=1S/C23H27NO4/c25-22(27-17-18-7-3-1-4-8-18)15-16-24-23(26)19-11-13-21(14-12-19)28-20-9-5-2-6-10-20/h1,3-4,7-8,11-14,20H,2,5-6,9-10,15-17H2,(H,24,26). The van der Waals surface area contributed by atoms with E-state index in [9.17, 15) is 9.59 Å². The van der Waals surface area contributed by atoms with E-state index in [-0.39, 0.29) is 37.6 Å². The van der Waals surface area contributed by atoms with Gasteiger partial charge in [-0.2, -0.15) is 0 Å². The van der Waals surface area contributed by atoms with Crippen molar-refractivity contribution in [3.63, 3.8) is 0 Å². The highest BCUT2D eigenvalue weighted by Gasteiger charge is 2.15. The molecule has 0 bridgehead atoms. The van der Waals surface area contributed by atoms with Crippen molar-refractivity contribution in [2.24, 2.45) is 0 Å². The fraction of sp³-hybridized carbons (Fsp3) is 0.391. The lowest BCUT2D eigenvalue weighted by Gasteiger charge is -2.23. The minimum absolute atomic E-state index is 0.140. The first-order valence-electron chi connectivity index (χ1n) is 9.95. The molecule has 0 aliphatic heterocycles. The van der Waals surface area contributed by atoms with E-state index in [2.05, 4.69) is 5.32 Å². The molecule has 0 atom stereocenters. The van der Waals surface area contributed by atoms with Crippen LogP contribution in [0.3, 0.4) is 0 Å². The largest absolute Gasteiger partial charge is 0.490 e. The van der Waals surface area contributed by atoms with Gasteiger partial charge >= 0.3 is 5.97 Å². The van der Waals surface area contributed by atoms with E-state index in [1.54, 1.807) is 12.1 Å². The van der Waals surface area contributed by atoms with Crippen LogP contribution in [0.5, 0.6) is 5.75 Å². The van der Waals surface area contributed by atoms with Gasteiger partial charge in [0.1, 0.15) is 12.4 Å². The van der Waals surface area contributed by atoms with Gasteiger partial charge in [0, 0.05) is 12.1 Å². The second kappa shape index (κ2) is 10.5. The van der Waals surface area contributed by atoms with Crippen molar-refractivity contribution in [3.8, 4) is 5.75 Å². The molecule has 0 radical (unpaired) electrons. The third kappa shape index (κ3) is 6.41. The zero-order valence-corrected chi connectivity index (χ0v) is 16.1. The number of hydrogen-bond acceptors (Lipinski definition) is 4. The average Bonchev–Trinajstić information content (AvgIpc) is 2.74. The van der Waals surface area contributed by atoms with Gasteiger partial charge in [0.05, 0.1) is 12.5 Å². The number of rotatable bonds is 8. The minimum Gasteiger partial charge on any atom is -0.490 e. The molecule has 148 valence electrons. The molecule has 1 N–H and O–H groups in total. The maximum absolute atomic E-state index is 12.2. The second-order valence-electron chi connectivity index (χ2n) is 7.05. The summed E-state index contributed by atoms with van der Waals surface area (Å²) in [4.78, 5) is 24.0. The van der Waals surface area contributed by atoms with Crippen LogP contribution >= 0.6 is 0 Å². The topological polar surface area (TPSA) is 64.6 Å². The fourth-order valence-corrected chi connectivity index (χ4v) is 3.25. The van der Waals surface area contributed by atoms with Crippen LogP contribution in [-0.4, -0.2) is 24.5 Å². The summed E-state index contributed by atoms with van der Waals surface area (Å²) in [5, 5.41) is 2.75. The lowest BCUT2D eigenvalue weighted by molar-refractivity contribution is -0.144. The Morgan fingerprint density at radius 2 is 1.64 bits per heavy atom. The van der Waals surface area contributed by atoms with Crippen LogP contribution in [0.4, 0.5) is 0 Å². The summed E-state index contributed by atoms with van der Waals surface area (Å²) < 4.78 is 11.2. The van der Waals surface area contributed by atoms with Gasteiger partial charge in [0.15, 0.2) is 0 Å². The van der Waals surface area contributed by atoms with Gasteiger partial charge in [-0.3, -0.25) is 9.59 Å². The van der Waals surface area contributed by atoms with Gasteiger partial charge < -0.3 is 14.8 Å². The monoisotopic (exact) mass is 381 g/mol. The van der Waals surface area contributed by atoms with Crippen molar-refractivity contribution in [2.45, 2.75) is 51.2 Å². The van der Waals surface area contributed by atoms with Crippen molar-refractivity contribution < 1.29 is 19.1 Å². The molecule has 0 spiro atoms. The lowest BCUT2D eigenvalue weighted by Crippen LogP contribution is -2.26. The molecule has 1 fully saturated rings. The predicted molar refractivity (Wildman–Crippen MR) is 107 cm³/mol. The smallest absolute Gasteiger partial charge is 0.307 e. The fourth-order valence-electron chi connectivity index (χ4n) is 3.25. The molecular formula is C23H27NO4. The maximum Gasteiger partial charge on any atom is 0.307 e. The Hall–Kier alpha value is -2.82. The molecule has 3 rings (SSSR count). The van der Waals surface area contributed by atoms with E-state index in [1.807, 2.05) is 42.5 Å². The Bertz CT molecular complexity index is 752. The van der Waals surface area contributed by atoms with Crippen LogP contribution in [0.1, 0.15) is 54.4 Å². The Kier molecular flexibility index (Phi) is 7.47. The number of carbonyl (C=O) groups excluding carboxylic acids is 2. The van der Waals surface area contributed by atoms with Crippen molar-refractivity contribution in [1.29, 1.82) is 0 Å². The zero-order valence-electron chi connectivity index (χ0n) is 16.1. The summed E-state index contributed by atoms with van der Waals surface area (Å²) in [5.74, 6) is 0.258. The minimum atomic E-state index is -0.333. The van der Waals surface area contributed by atoms with Crippen LogP contribution in [-0.2, 0) is 16.1 Å². The number of esters is 1. The zero-order chi connectivity index (χ0) is 19.6. The molecule has 2 aromatic rings. The summed E-state index contributed by atoms with van der Waals surface area (Å²) >= 11 is 0. The first kappa shape index (κ1) is 19.9. The molecule has 28 heavy (non-hydrogen) atoms. The lowest BCUT2D eigenvalue weighted by atomic mass is 9.98. The Morgan fingerprint density at radius 1 is 0.929 bits per heavy atom. The third-order valence-corrected chi connectivity index (χ3v) is 4.83. The molecule has 5 heteroatoms. The first-order chi connectivity index (χ1) is 13.7. The maximum atomic E-state index is 12.2.